The minimum Gasteiger partial charge on any atom is -0.396 e. The van der Waals surface area contributed by atoms with E-state index < -0.39 is 0 Å². The summed E-state index contributed by atoms with van der Waals surface area (Å²) >= 11 is 0. The molecule has 1 radical (unpaired) electrons. The molecule has 1 atom stereocenters. The molecule has 0 saturated carbocycles. The van der Waals surface area contributed by atoms with Gasteiger partial charge in [0, 0.05) is 6.61 Å². The van der Waals surface area contributed by atoms with Gasteiger partial charge >= 0.3 is 0 Å². The Morgan fingerprint density at radius 1 is 0.875 bits per heavy atom. The average molecular weight is 227 g/mol. The lowest BCUT2D eigenvalue weighted by atomic mass is 9.82. The topological polar surface area (TPSA) is 20.2 Å². The van der Waals surface area contributed by atoms with Gasteiger partial charge in [0.25, 0.3) is 0 Å². The van der Waals surface area contributed by atoms with Crippen LogP contribution in [0.1, 0.15) is 78.6 Å². The van der Waals surface area contributed by atoms with E-state index >= 15 is 0 Å². The van der Waals surface area contributed by atoms with E-state index in [0.717, 1.165) is 0 Å². The molecule has 1 nitrogen and oxygen atoms in total. The van der Waals surface area contributed by atoms with Gasteiger partial charge in [-0.3, -0.25) is 0 Å². The summed E-state index contributed by atoms with van der Waals surface area (Å²) in [5.41, 5.74) is 0. The number of aliphatic hydroxyl groups is 1. The summed E-state index contributed by atoms with van der Waals surface area (Å²) in [4.78, 5) is 0. The van der Waals surface area contributed by atoms with Gasteiger partial charge in [-0.05, 0) is 31.1 Å². The standard InChI is InChI=1S/C15H31O/c1-4-7-10-14(11-8-5-2)15(13-16)12-9-6-3/h15-16H,4-13H2,1-3H3. The van der Waals surface area contributed by atoms with E-state index in [2.05, 4.69) is 20.8 Å². The Bertz CT molecular complexity index is 125. The van der Waals surface area contributed by atoms with Crippen LogP contribution in [-0.4, -0.2) is 11.7 Å². The van der Waals surface area contributed by atoms with Gasteiger partial charge in [-0.1, -0.05) is 59.3 Å². The molecule has 0 heterocycles. The molecule has 0 bridgehead atoms. The van der Waals surface area contributed by atoms with Crippen LogP contribution < -0.4 is 0 Å². The first kappa shape index (κ1) is 16.0. The number of rotatable bonds is 11. The van der Waals surface area contributed by atoms with E-state index in [0.29, 0.717) is 12.5 Å². The number of aliphatic hydroxyl groups excluding tert-OH is 1. The van der Waals surface area contributed by atoms with Crippen LogP contribution >= 0.6 is 0 Å². The van der Waals surface area contributed by atoms with Crippen molar-refractivity contribution in [2.45, 2.75) is 78.6 Å². The zero-order chi connectivity index (χ0) is 12.2. The van der Waals surface area contributed by atoms with Gasteiger partial charge in [0.05, 0.1) is 0 Å². The summed E-state index contributed by atoms with van der Waals surface area (Å²) < 4.78 is 0. The van der Waals surface area contributed by atoms with Crippen molar-refractivity contribution in [3.05, 3.63) is 5.92 Å². The second kappa shape index (κ2) is 11.4. The molecule has 0 aromatic carbocycles. The van der Waals surface area contributed by atoms with E-state index in [4.69, 9.17) is 0 Å². The summed E-state index contributed by atoms with van der Waals surface area (Å²) in [5.74, 6) is 2.12. The van der Waals surface area contributed by atoms with Gasteiger partial charge in [0.2, 0.25) is 0 Å². The molecular weight excluding hydrogens is 196 g/mol. The molecule has 16 heavy (non-hydrogen) atoms. The molecule has 0 aromatic rings. The first-order valence-electron chi connectivity index (χ1n) is 7.25. The molecule has 0 rings (SSSR count). The molecule has 0 spiro atoms. The Hall–Kier alpha value is -0.0400. The molecular formula is C15H31O. The largest absolute Gasteiger partial charge is 0.396 e. The molecule has 0 aliphatic carbocycles. The van der Waals surface area contributed by atoms with Gasteiger partial charge in [-0.2, -0.15) is 0 Å². The normalized spacial score (nSPS) is 13.3. The molecule has 1 heteroatoms. The van der Waals surface area contributed by atoms with E-state index in [1.807, 2.05) is 0 Å². The van der Waals surface area contributed by atoms with Crippen molar-refractivity contribution in [3.63, 3.8) is 0 Å². The maximum Gasteiger partial charge on any atom is 0.0464 e. The SMILES string of the molecule is CCCC[C](CCCC)C(CO)CCCC. The fourth-order valence-electron chi connectivity index (χ4n) is 2.22. The summed E-state index contributed by atoms with van der Waals surface area (Å²) in [7, 11) is 0. The molecule has 0 fully saturated rings. The third kappa shape index (κ3) is 7.27. The number of hydrogen-bond acceptors (Lipinski definition) is 1. The van der Waals surface area contributed by atoms with Gasteiger partial charge in [-0.25, -0.2) is 0 Å². The second-order valence-electron chi connectivity index (χ2n) is 4.89. The van der Waals surface area contributed by atoms with E-state index in [9.17, 15) is 5.11 Å². The van der Waals surface area contributed by atoms with E-state index in [1.165, 1.54) is 57.8 Å². The van der Waals surface area contributed by atoms with Crippen molar-refractivity contribution in [1.29, 1.82) is 0 Å². The number of hydrogen-bond donors (Lipinski definition) is 1. The van der Waals surface area contributed by atoms with Gasteiger partial charge in [-0.15, -0.1) is 0 Å². The molecule has 97 valence electrons. The molecule has 1 unspecified atom stereocenters. The smallest absolute Gasteiger partial charge is 0.0464 e. The predicted molar refractivity (Wildman–Crippen MR) is 72.4 cm³/mol. The molecule has 0 aliphatic heterocycles. The van der Waals surface area contributed by atoms with Crippen molar-refractivity contribution in [1.82, 2.24) is 0 Å². The van der Waals surface area contributed by atoms with Gasteiger partial charge in [0.15, 0.2) is 0 Å². The third-order valence-electron chi connectivity index (χ3n) is 3.41. The second-order valence-corrected chi connectivity index (χ2v) is 4.89. The summed E-state index contributed by atoms with van der Waals surface area (Å²) in [6.07, 6.45) is 11.3. The van der Waals surface area contributed by atoms with Crippen LogP contribution in [-0.2, 0) is 0 Å². The predicted octanol–water partition coefficient (Wildman–Crippen LogP) is 4.74. The Morgan fingerprint density at radius 2 is 1.38 bits per heavy atom. The van der Waals surface area contributed by atoms with Crippen LogP contribution in [0.4, 0.5) is 0 Å². The van der Waals surface area contributed by atoms with Crippen molar-refractivity contribution < 1.29 is 5.11 Å². The van der Waals surface area contributed by atoms with Crippen LogP contribution in [0.3, 0.4) is 0 Å². The van der Waals surface area contributed by atoms with Crippen LogP contribution in [0.25, 0.3) is 0 Å². The highest BCUT2D eigenvalue weighted by molar-refractivity contribution is 4.95. The Labute approximate surface area is 103 Å². The fourth-order valence-corrected chi connectivity index (χ4v) is 2.22. The number of unbranched alkanes of at least 4 members (excludes halogenated alkanes) is 3. The lowest BCUT2D eigenvalue weighted by Gasteiger charge is -2.25. The Balaban J connectivity index is 4.06. The molecule has 0 aliphatic rings. The highest BCUT2D eigenvalue weighted by Crippen LogP contribution is 2.30. The maximum absolute atomic E-state index is 9.50. The first-order chi connectivity index (χ1) is 7.79. The summed E-state index contributed by atoms with van der Waals surface area (Å²) in [5, 5.41) is 9.50. The lowest BCUT2D eigenvalue weighted by Crippen LogP contribution is -2.17. The fraction of sp³-hybridized carbons (Fsp3) is 0.933. The lowest BCUT2D eigenvalue weighted by molar-refractivity contribution is 0.213. The van der Waals surface area contributed by atoms with Crippen molar-refractivity contribution >= 4 is 0 Å². The van der Waals surface area contributed by atoms with Crippen molar-refractivity contribution in [2.75, 3.05) is 6.61 Å². The molecule has 0 aromatic heterocycles. The minimum absolute atomic E-state index is 0.364. The van der Waals surface area contributed by atoms with Gasteiger partial charge in [0.1, 0.15) is 0 Å². The summed E-state index contributed by atoms with van der Waals surface area (Å²) in [6.45, 7) is 7.09. The van der Waals surface area contributed by atoms with E-state index in [1.54, 1.807) is 5.92 Å². The average Bonchev–Trinajstić information content (AvgIpc) is 2.32. The van der Waals surface area contributed by atoms with Crippen molar-refractivity contribution in [2.24, 2.45) is 5.92 Å². The highest BCUT2D eigenvalue weighted by atomic mass is 16.3. The molecule has 0 amide bonds. The zero-order valence-electron chi connectivity index (χ0n) is 11.6. The Morgan fingerprint density at radius 3 is 1.75 bits per heavy atom. The minimum atomic E-state index is 0.364. The van der Waals surface area contributed by atoms with Crippen LogP contribution in [0.5, 0.6) is 0 Å². The highest BCUT2D eigenvalue weighted by Gasteiger charge is 2.19. The third-order valence-corrected chi connectivity index (χ3v) is 3.41. The monoisotopic (exact) mass is 227 g/mol. The van der Waals surface area contributed by atoms with Gasteiger partial charge < -0.3 is 5.11 Å². The van der Waals surface area contributed by atoms with Crippen LogP contribution in [0.15, 0.2) is 0 Å². The van der Waals surface area contributed by atoms with Crippen molar-refractivity contribution in [3.8, 4) is 0 Å². The first-order valence-corrected chi connectivity index (χ1v) is 7.25. The zero-order valence-corrected chi connectivity index (χ0v) is 11.6. The summed E-state index contributed by atoms with van der Waals surface area (Å²) in [6, 6.07) is 0. The maximum atomic E-state index is 9.50. The Kier molecular flexibility index (Phi) is 11.4. The molecule has 1 N–H and O–H groups in total. The van der Waals surface area contributed by atoms with Crippen LogP contribution in [0.2, 0.25) is 0 Å². The van der Waals surface area contributed by atoms with E-state index in [-0.39, 0.29) is 0 Å². The van der Waals surface area contributed by atoms with Crippen LogP contribution in [0, 0.1) is 11.8 Å². The molecule has 0 saturated heterocycles. The quantitative estimate of drug-likeness (QED) is 0.540.